The summed E-state index contributed by atoms with van der Waals surface area (Å²) in [5, 5.41) is 5.57. The third-order valence-corrected chi connectivity index (χ3v) is 3.48. The normalized spacial score (nSPS) is 16.5. The number of hydrogen-bond donors (Lipinski definition) is 3. The molecule has 0 unspecified atom stereocenters. The quantitative estimate of drug-likeness (QED) is 0.683. The maximum Gasteiger partial charge on any atom is 0.294 e. The first kappa shape index (κ1) is 13.4. The second-order valence-corrected chi connectivity index (χ2v) is 5.63. The molecule has 1 aliphatic rings. The van der Waals surface area contributed by atoms with Gasteiger partial charge >= 0.3 is 0 Å². The molecular weight excluding hydrogens is 268 g/mol. The van der Waals surface area contributed by atoms with E-state index in [2.05, 4.69) is 5.10 Å². The van der Waals surface area contributed by atoms with Crippen molar-refractivity contribution in [3.05, 3.63) is 35.8 Å². The van der Waals surface area contributed by atoms with Crippen LogP contribution in [0.5, 0.6) is 0 Å². The van der Waals surface area contributed by atoms with Crippen molar-refractivity contribution in [2.75, 3.05) is 5.01 Å². The summed E-state index contributed by atoms with van der Waals surface area (Å²) in [4.78, 5) is -0.227. The Morgan fingerprint density at radius 3 is 2.68 bits per heavy atom. The number of anilines is 1. The van der Waals surface area contributed by atoms with E-state index in [9.17, 15) is 8.42 Å². The van der Waals surface area contributed by atoms with Crippen molar-refractivity contribution < 1.29 is 13.0 Å². The van der Waals surface area contributed by atoms with Crippen LogP contribution in [-0.4, -0.2) is 18.7 Å². The highest BCUT2D eigenvalue weighted by Gasteiger charge is 2.19. The van der Waals surface area contributed by atoms with Crippen LogP contribution in [-0.2, 0) is 10.1 Å². The second-order valence-electron chi connectivity index (χ2n) is 4.21. The molecule has 1 heterocycles. The predicted octanol–water partition coefficient (Wildman–Crippen LogP) is 0.606. The van der Waals surface area contributed by atoms with Gasteiger partial charge in [-0.3, -0.25) is 4.55 Å². The van der Waals surface area contributed by atoms with Gasteiger partial charge in [0.1, 0.15) is 5.82 Å². The fourth-order valence-electron chi connectivity index (χ4n) is 1.73. The maximum atomic E-state index is 11.1. The van der Waals surface area contributed by atoms with Gasteiger partial charge in [-0.05, 0) is 25.1 Å². The number of hydrazone groups is 1. The van der Waals surface area contributed by atoms with Gasteiger partial charge in [0.25, 0.3) is 10.1 Å². The second kappa shape index (κ2) is 4.56. The van der Waals surface area contributed by atoms with Crippen LogP contribution in [0.15, 0.2) is 45.8 Å². The van der Waals surface area contributed by atoms with Crippen molar-refractivity contribution in [2.45, 2.75) is 18.2 Å². The summed E-state index contributed by atoms with van der Waals surface area (Å²) in [6.45, 7) is 1.79. The summed E-state index contributed by atoms with van der Waals surface area (Å²) < 4.78 is 31.3. The zero-order valence-corrected chi connectivity index (χ0v) is 11.1. The SMILES string of the molecule is CC1=NN(c2cccc(S(=O)(=O)O)c2)C(N)=C(N)C1. The Labute approximate surface area is 110 Å². The van der Waals surface area contributed by atoms with Gasteiger partial charge in [0.05, 0.1) is 16.3 Å². The Balaban J connectivity index is 2.51. The third-order valence-electron chi connectivity index (χ3n) is 2.63. The zero-order chi connectivity index (χ0) is 14.2. The summed E-state index contributed by atoms with van der Waals surface area (Å²) in [5.74, 6) is 0.248. The van der Waals surface area contributed by atoms with Gasteiger partial charge < -0.3 is 11.5 Å². The third kappa shape index (κ3) is 2.69. The minimum atomic E-state index is -4.27. The number of benzene rings is 1. The fourth-order valence-corrected chi connectivity index (χ4v) is 2.25. The van der Waals surface area contributed by atoms with E-state index in [0.29, 0.717) is 17.8 Å². The van der Waals surface area contributed by atoms with E-state index >= 15 is 0 Å². The van der Waals surface area contributed by atoms with Crippen LogP contribution in [0.3, 0.4) is 0 Å². The Bertz CT molecular complexity index is 679. The number of nitrogens with zero attached hydrogens (tertiary/aromatic N) is 2. The largest absolute Gasteiger partial charge is 0.399 e. The number of hydrogen-bond acceptors (Lipinski definition) is 6. The monoisotopic (exact) mass is 282 g/mol. The first-order valence-corrected chi connectivity index (χ1v) is 6.89. The molecule has 7 nitrogen and oxygen atoms in total. The van der Waals surface area contributed by atoms with Crippen molar-refractivity contribution in [1.82, 2.24) is 0 Å². The molecule has 0 aromatic heterocycles. The van der Waals surface area contributed by atoms with Crippen molar-refractivity contribution in [3.63, 3.8) is 0 Å². The lowest BCUT2D eigenvalue weighted by Crippen LogP contribution is -2.31. The molecule has 0 spiro atoms. The zero-order valence-electron chi connectivity index (χ0n) is 10.2. The molecule has 19 heavy (non-hydrogen) atoms. The van der Waals surface area contributed by atoms with Gasteiger partial charge in [-0.25, -0.2) is 5.01 Å². The highest BCUT2D eigenvalue weighted by atomic mass is 32.2. The lowest BCUT2D eigenvalue weighted by molar-refractivity contribution is 0.483. The Morgan fingerprint density at radius 2 is 2.05 bits per heavy atom. The van der Waals surface area contributed by atoms with Gasteiger partial charge in [-0.1, -0.05) is 6.07 Å². The van der Waals surface area contributed by atoms with Crippen LogP contribution in [0, 0.1) is 0 Å². The van der Waals surface area contributed by atoms with E-state index in [-0.39, 0.29) is 10.7 Å². The predicted molar refractivity (Wildman–Crippen MR) is 71.9 cm³/mol. The van der Waals surface area contributed by atoms with Gasteiger partial charge in [-0.2, -0.15) is 13.5 Å². The van der Waals surface area contributed by atoms with Crippen LogP contribution in [0.25, 0.3) is 0 Å². The topological polar surface area (TPSA) is 122 Å². The van der Waals surface area contributed by atoms with E-state index in [1.807, 2.05) is 0 Å². The highest BCUT2D eigenvalue weighted by molar-refractivity contribution is 7.85. The molecule has 1 aliphatic heterocycles. The molecule has 1 aromatic carbocycles. The fraction of sp³-hybridized carbons (Fsp3) is 0.182. The van der Waals surface area contributed by atoms with Crippen LogP contribution in [0.2, 0.25) is 0 Å². The van der Waals surface area contributed by atoms with E-state index in [1.54, 1.807) is 13.0 Å². The van der Waals surface area contributed by atoms with E-state index in [0.717, 1.165) is 5.71 Å². The maximum absolute atomic E-state index is 11.1. The van der Waals surface area contributed by atoms with Crippen LogP contribution < -0.4 is 16.5 Å². The molecule has 1 aromatic rings. The molecule has 5 N–H and O–H groups in total. The van der Waals surface area contributed by atoms with Crippen molar-refractivity contribution in [1.29, 1.82) is 0 Å². The smallest absolute Gasteiger partial charge is 0.294 e. The van der Waals surface area contributed by atoms with Crippen molar-refractivity contribution in [2.24, 2.45) is 16.6 Å². The van der Waals surface area contributed by atoms with Crippen molar-refractivity contribution >= 4 is 21.5 Å². The van der Waals surface area contributed by atoms with Crippen LogP contribution in [0.4, 0.5) is 5.69 Å². The molecule has 0 saturated heterocycles. The standard InChI is InChI=1S/C11H14N4O3S/c1-7-5-10(12)11(13)15(14-7)8-3-2-4-9(6-8)19(16,17)18/h2-4,6H,5,12-13H2,1H3,(H,16,17,18). The minimum absolute atomic E-state index is 0.227. The molecule has 0 amide bonds. The average molecular weight is 282 g/mol. The van der Waals surface area contributed by atoms with Gasteiger partial charge in [0.15, 0.2) is 0 Å². The van der Waals surface area contributed by atoms with Gasteiger partial charge in [0.2, 0.25) is 0 Å². The Morgan fingerprint density at radius 1 is 1.37 bits per heavy atom. The first-order valence-electron chi connectivity index (χ1n) is 5.45. The molecule has 102 valence electrons. The molecule has 0 saturated carbocycles. The molecule has 0 aliphatic carbocycles. The summed E-state index contributed by atoms with van der Waals surface area (Å²) in [6, 6.07) is 5.67. The van der Waals surface area contributed by atoms with E-state index in [4.69, 9.17) is 16.0 Å². The molecule has 0 atom stereocenters. The Kier molecular flexibility index (Phi) is 3.21. The molecule has 0 fully saturated rings. The van der Waals surface area contributed by atoms with Gasteiger partial charge in [-0.15, -0.1) is 0 Å². The molecule has 0 radical (unpaired) electrons. The average Bonchev–Trinajstić information content (AvgIpc) is 2.33. The lowest BCUT2D eigenvalue weighted by Gasteiger charge is -2.26. The summed E-state index contributed by atoms with van der Waals surface area (Å²) in [6.07, 6.45) is 0.473. The summed E-state index contributed by atoms with van der Waals surface area (Å²) in [7, 11) is -4.27. The molecule has 0 bridgehead atoms. The summed E-state index contributed by atoms with van der Waals surface area (Å²) in [5.41, 5.74) is 13.3. The highest BCUT2D eigenvalue weighted by Crippen LogP contribution is 2.25. The lowest BCUT2D eigenvalue weighted by atomic mass is 10.2. The van der Waals surface area contributed by atoms with E-state index < -0.39 is 10.1 Å². The number of rotatable bonds is 2. The van der Waals surface area contributed by atoms with Crippen LogP contribution in [0.1, 0.15) is 13.3 Å². The minimum Gasteiger partial charge on any atom is -0.399 e. The molecule has 8 heteroatoms. The molecule has 2 rings (SSSR count). The number of allylic oxidation sites excluding steroid dienone is 1. The number of nitrogens with two attached hydrogens (primary N) is 2. The summed E-state index contributed by atoms with van der Waals surface area (Å²) >= 11 is 0. The molecular formula is C11H14N4O3S. The van der Waals surface area contributed by atoms with Gasteiger partial charge in [0, 0.05) is 12.1 Å². The Hall–Kier alpha value is -2.06. The van der Waals surface area contributed by atoms with Crippen molar-refractivity contribution in [3.8, 4) is 0 Å². The van der Waals surface area contributed by atoms with E-state index in [1.165, 1.54) is 23.2 Å². The first-order chi connectivity index (χ1) is 8.79. The van der Waals surface area contributed by atoms with Crippen LogP contribution >= 0.6 is 0 Å².